The maximum Gasteiger partial charge on any atom is 0.225 e. The first kappa shape index (κ1) is 21.2. The third-order valence-corrected chi connectivity index (χ3v) is 6.46. The fraction of sp³-hybridized carbons (Fsp3) is 0.222. The lowest BCUT2D eigenvalue weighted by Crippen LogP contribution is -2.20. The van der Waals surface area contributed by atoms with Gasteiger partial charge in [0.1, 0.15) is 28.8 Å². The Balaban J connectivity index is 1.23. The number of para-hydroxylation sites is 1. The standard InChI is InChI=1S/C27H24N4O4/c1-33-24-5-3-2-4-19(24)22-14-21(30-31-22)17-12-16-13-18(6-8-23(16)34-15-17)35-25-10-11-28-27-20(25)7-9-26(32)29-27/h2-6,8,10-11,13-14,17H,7,9,12,15H2,1H3,(H,30,31)(H,28,29,32). The van der Waals surface area contributed by atoms with E-state index in [9.17, 15) is 4.79 Å². The van der Waals surface area contributed by atoms with Crippen LogP contribution in [0.2, 0.25) is 0 Å². The summed E-state index contributed by atoms with van der Waals surface area (Å²) in [7, 11) is 1.66. The quantitative estimate of drug-likeness (QED) is 0.433. The molecule has 0 radical (unpaired) electrons. The zero-order valence-corrected chi connectivity index (χ0v) is 19.2. The maximum atomic E-state index is 11.7. The summed E-state index contributed by atoms with van der Waals surface area (Å²) < 4.78 is 17.8. The first-order valence-electron chi connectivity index (χ1n) is 11.6. The smallest absolute Gasteiger partial charge is 0.225 e. The lowest BCUT2D eigenvalue weighted by atomic mass is 9.93. The van der Waals surface area contributed by atoms with Crippen LogP contribution in [-0.2, 0) is 17.6 Å². The molecule has 0 fully saturated rings. The average molecular weight is 469 g/mol. The molecular formula is C27H24N4O4. The van der Waals surface area contributed by atoms with Crippen LogP contribution in [0.15, 0.2) is 60.8 Å². The number of methoxy groups -OCH3 is 1. The average Bonchev–Trinajstić information content (AvgIpc) is 3.38. The normalized spacial score (nSPS) is 16.5. The van der Waals surface area contributed by atoms with Crippen molar-refractivity contribution >= 4 is 11.7 Å². The van der Waals surface area contributed by atoms with Crippen molar-refractivity contribution in [2.45, 2.75) is 25.2 Å². The minimum atomic E-state index is -0.0215. The number of aromatic amines is 1. The van der Waals surface area contributed by atoms with Crippen molar-refractivity contribution < 1.29 is 19.0 Å². The van der Waals surface area contributed by atoms with Gasteiger partial charge in [-0.15, -0.1) is 0 Å². The number of ether oxygens (including phenoxy) is 3. The van der Waals surface area contributed by atoms with Crippen LogP contribution >= 0.6 is 0 Å². The summed E-state index contributed by atoms with van der Waals surface area (Å²) in [5.41, 5.74) is 4.79. The number of hydrogen-bond donors (Lipinski definition) is 2. The molecule has 8 nitrogen and oxygen atoms in total. The topological polar surface area (TPSA) is 98.4 Å². The molecule has 176 valence electrons. The molecule has 8 heteroatoms. The Labute approximate surface area is 202 Å². The van der Waals surface area contributed by atoms with Crippen molar-refractivity contribution in [2.75, 3.05) is 19.0 Å². The molecule has 1 atom stereocenters. The highest BCUT2D eigenvalue weighted by Crippen LogP contribution is 2.38. The van der Waals surface area contributed by atoms with Crippen LogP contribution in [0.1, 0.15) is 29.2 Å². The van der Waals surface area contributed by atoms with Crippen LogP contribution < -0.4 is 19.5 Å². The first-order chi connectivity index (χ1) is 17.2. The van der Waals surface area contributed by atoms with Gasteiger partial charge in [-0.2, -0.15) is 5.10 Å². The number of rotatable bonds is 5. The van der Waals surface area contributed by atoms with Crippen LogP contribution in [0, 0.1) is 0 Å². The van der Waals surface area contributed by atoms with E-state index in [4.69, 9.17) is 14.2 Å². The van der Waals surface area contributed by atoms with Crippen LogP contribution in [0.25, 0.3) is 11.3 Å². The van der Waals surface area contributed by atoms with E-state index >= 15 is 0 Å². The number of nitrogens with one attached hydrogen (secondary N) is 2. The van der Waals surface area contributed by atoms with Crippen LogP contribution in [-0.4, -0.2) is 34.8 Å². The Kier molecular flexibility index (Phi) is 5.33. The van der Waals surface area contributed by atoms with Gasteiger partial charge in [-0.3, -0.25) is 9.89 Å². The zero-order chi connectivity index (χ0) is 23.8. The Morgan fingerprint density at radius 1 is 1.06 bits per heavy atom. The summed E-state index contributed by atoms with van der Waals surface area (Å²) in [6.07, 6.45) is 3.48. The van der Waals surface area contributed by atoms with Crippen LogP contribution in [0.5, 0.6) is 23.0 Å². The van der Waals surface area contributed by atoms with E-state index in [-0.39, 0.29) is 11.8 Å². The highest BCUT2D eigenvalue weighted by molar-refractivity contribution is 5.93. The second-order valence-electron chi connectivity index (χ2n) is 8.68. The van der Waals surface area contributed by atoms with Gasteiger partial charge in [0.15, 0.2) is 0 Å². The molecule has 1 unspecified atom stereocenters. The van der Waals surface area contributed by atoms with Gasteiger partial charge in [0.25, 0.3) is 0 Å². The molecule has 35 heavy (non-hydrogen) atoms. The van der Waals surface area contributed by atoms with Crippen molar-refractivity contribution in [3.05, 3.63) is 77.6 Å². The molecule has 6 rings (SSSR count). The van der Waals surface area contributed by atoms with Gasteiger partial charge in [-0.1, -0.05) is 12.1 Å². The third-order valence-electron chi connectivity index (χ3n) is 6.46. The second-order valence-corrected chi connectivity index (χ2v) is 8.68. The van der Waals surface area contributed by atoms with Gasteiger partial charge >= 0.3 is 0 Å². The Morgan fingerprint density at radius 2 is 1.97 bits per heavy atom. The van der Waals surface area contributed by atoms with E-state index in [1.54, 1.807) is 13.3 Å². The fourth-order valence-corrected chi connectivity index (χ4v) is 4.65. The molecule has 0 bridgehead atoms. The molecule has 2 aliphatic rings. The predicted molar refractivity (Wildman–Crippen MR) is 130 cm³/mol. The molecule has 0 saturated carbocycles. The molecule has 2 aromatic carbocycles. The summed E-state index contributed by atoms with van der Waals surface area (Å²) in [4.78, 5) is 16.0. The summed E-state index contributed by atoms with van der Waals surface area (Å²) >= 11 is 0. The van der Waals surface area contributed by atoms with E-state index < -0.39 is 0 Å². The Hall–Kier alpha value is -4.33. The lowest BCUT2D eigenvalue weighted by Gasteiger charge is -2.25. The highest BCUT2D eigenvalue weighted by Gasteiger charge is 2.25. The molecule has 4 aromatic rings. The molecule has 4 heterocycles. The van der Waals surface area contributed by atoms with Gasteiger partial charge in [0, 0.05) is 35.4 Å². The minimum absolute atomic E-state index is 0.0215. The number of hydrogen-bond acceptors (Lipinski definition) is 6. The SMILES string of the molecule is COc1ccccc1-c1cc(C2COc3ccc(Oc4ccnc5c4CCC(=O)N5)cc3C2)[nH]n1. The molecule has 0 aliphatic carbocycles. The number of nitrogens with zero attached hydrogens (tertiary/aromatic N) is 2. The Morgan fingerprint density at radius 3 is 2.89 bits per heavy atom. The van der Waals surface area contributed by atoms with Crippen molar-refractivity contribution in [3.8, 4) is 34.3 Å². The number of carbonyl (C=O) groups is 1. The number of H-pyrrole nitrogens is 1. The fourth-order valence-electron chi connectivity index (χ4n) is 4.65. The molecule has 2 aliphatic heterocycles. The summed E-state index contributed by atoms with van der Waals surface area (Å²) in [5.74, 6) is 3.77. The third kappa shape index (κ3) is 4.07. The van der Waals surface area contributed by atoms with E-state index in [2.05, 4.69) is 26.6 Å². The predicted octanol–water partition coefficient (Wildman–Crippen LogP) is 4.88. The number of aromatic nitrogens is 3. The number of benzene rings is 2. The molecule has 2 N–H and O–H groups in total. The maximum absolute atomic E-state index is 11.7. The Bertz CT molecular complexity index is 1410. The largest absolute Gasteiger partial charge is 0.496 e. The minimum Gasteiger partial charge on any atom is -0.496 e. The number of amides is 1. The van der Waals surface area contributed by atoms with Crippen LogP contribution in [0.4, 0.5) is 5.82 Å². The highest BCUT2D eigenvalue weighted by atomic mass is 16.5. The number of carbonyl (C=O) groups excluding carboxylic acids is 1. The van der Waals surface area contributed by atoms with Gasteiger partial charge in [-0.05, 0) is 60.9 Å². The second kappa shape index (κ2) is 8.79. The van der Waals surface area contributed by atoms with Gasteiger partial charge < -0.3 is 19.5 Å². The molecule has 0 spiro atoms. The summed E-state index contributed by atoms with van der Waals surface area (Å²) in [6.45, 7) is 0.568. The summed E-state index contributed by atoms with van der Waals surface area (Å²) in [6, 6.07) is 17.6. The monoisotopic (exact) mass is 468 g/mol. The van der Waals surface area contributed by atoms with E-state index in [0.717, 1.165) is 51.7 Å². The molecule has 1 amide bonds. The molecular weight excluding hydrogens is 444 g/mol. The lowest BCUT2D eigenvalue weighted by molar-refractivity contribution is -0.116. The van der Waals surface area contributed by atoms with E-state index in [0.29, 0.717) is 31.0 Å². The van der Waals surface area contributed by atoms with Crippen LogP contribution in [0.3, 0.4) is 0 Å². The van der Waals surface area contributed by atoms with Crippen molar-refractivity contribution in [2.24, 2.45) is 0 Å². The van der Waals surface area contributed by atoms with Crippen molar-refractivity contribution in [1.82, 2.24) is 15.2 Å². The molecule has 2 aromatic heterocycles. The van der Waals surface area contributed by atoms with Gasteiger partial charge in [0.2, 0.25) is 5.91 Å². The number of pyridine rings is 1. The van der Waals surface area contributed by atoms with E-state index in [1.807, 2.05) is 48.5 Å². The van der Waals surface area contributed by atoms with Crippen molar-refractivity contribution in [1.29, 1.82) is 0 Å². The number of fused-ring (bicyclic) bond motifs is 2. The molecule has 0 saturated heterocycles. The zero-order valence-electron chi connectivity index (χ0n) is 19.2. The number of anilines is 1. The van der Waals surface area contributed by atoms with Gasteiger partial charge in [0.05, 0.1) is 19.4 Å². The first-order valence-corrected chi connectivity index (χ1v) is 11.6. The van der Waals surface area contributed by atoms with E-state index in [1.165, 1.54) is 0 Å². The van der Waals surface area contributed by atoms with Gasteiger partial charge in [-0.25, -0.2) is 4.98 Å². The summed E-state index contributed by atoms with van der Waals surface area (Å²) in [5, 5.41) is 10.5. The van der Waals surface area contributed by atoms with Crippen molar-refractivity contribution in [3.63, 3.8) is 0 Å².